The van der Waals surface area contributed by atoms with Crippen LogP contribution in [0.5, 0.6) is 0 Å². The molecular formula is C20H22N4O2S. The summed E-state index contributed by atoms with van der Waals surface area (Å²) in [6.45, 7) is 6.10. The van der Waals surface area contributed by atoms with Crippen LogP contribution in [0.15, 0.2) is 53.8 Å². The van der Waals surface area contributed by atoms with Crippen molar-refractivity contribution in [2.75, 3.05) is 31.1 Å². The molecule has 1 saturated heterocycles. The molecule has 140 valence electrons. The summed E-state index contributed by atoms with van der Waals surface area (Å²) in [7, 11) is -3.58. The predicted molar refractivity (Wildman–Crippen MR) is 106 cm³/mol. The van der Waals surface area contributed by atoms with Crippen molar-refractivity contribution in [1.82, 2.24) is 14.3 Å². The second-order valence-electron chi connectivity index (χ2n) is 6.83. The van der Waals surface area contributed by atoms with Gasteiger partial charge in [-0.25, -0.2) is 8.42 Å². The number of anilines is 1. The number of piperazine rings is 1. The number of hydrogen-bond acceptors (Lipinski definition) is 5. The fourth-order valence-corrected chi connectivity index (χ4v) is 5.52. The number of nitrogens with zero attached hydrogens (tertiary/aromatic N) is 4. The van der Waals surface area contributed by atoms with Gasteiger partial charge in [-0.15, -0.1) is 0 Å². The van der Waals surface area contributed by atoms with Crippen LogP contribution in [-0.2, 0) is 10.0 Å². The number of rotatable bonds is 3. The number of fused-ring (bicyclic) bond motifs is 1. The quantitative estimate of drug-likeness (QED) is 0.697. The molecule has 27 heavy (non-hydrogen) atoms. The van der Waals surface area contributed by atoms with Crippen LogP contribution in [0.3, 0.4) is 0 Å². The first-order valence-electron chi connectivity index (χ1n) is 8.98. The summed E-state index contributed by atoms with van der Waals surface area (Å²) in [5.74, 6) is 0. The Morgan fingerprint density at radius 2 is 1.70 bits per heavy atom. The van der Waals surface area contributed by atoms with Gasteiger partial charge >= 0.3 is 0 Å². The summed E-state index contributed by atoms with van der Waals surface area (Å²) in [4.78, 5) is 11.0. The van der Waals surface area contributed by atoms with Gasteiger partial charge in [-0.3, -0.25) is 9.97 Å². The molecule has 1 aliphatic heterocycles. The smallest absolute Gasteiger partial charge is 0.244 e. The number of aryl methyl sites for hydroxylation is 2. The average molecular weight is 382 g/mol. The molecule has 0 spiro atoms. The van der Waals surface area contributed by atoms with Crippen molar-refractivity contribution in [1.29, 1.82) is 0 Å². The Kier molecular flexibility index (Phi) is 4.57. The minimum Gasteiger partial charge on any atom is -0.369 e. The third-order valence-electron chi connectivity index (χ3n) is 5.10. The SMILES string of the molecule is Cc1cnccc1N1CCN(S(=O)(=O)c2c(C)ccc3ncccc23)CC1. The first-order valence-corrected chi connectivity index (χ1v) is 10.4. The van der Waals surface area contributed by atoms with Crippen molar-refractivity contribution >= 4 is 26.6 Å². The van der Waals surface area contributed by atoms with E-state index in [0.717, 1.165) is 16.8 Å². The van der Waals surface area contributed by atoms with Gasteiger partial charge in [0.25, 0.3) is 0 Å². The molecule has 7 heteroatoms. The summed E-state index contributed by atoms with van der Waals surface area (Å²) in [6.07, 6.45) is 5.30. The van der Waals surface area contributed by atoms with Crippen LogP contribution >= 0.6 is 0 Å². The number of hydrogen-bond donors (Lipinski definition) is 0. The number of benzene rings is 1. The Labute approximate surface area is 159 Å². The minimum absolute atomic E-state index is 0.377. The second-order valence-corrected chi connectivity index (χ2v) is 8.71. The highest BCUT2D eigenvalue weighted by atomic mass is 32.2. The van der Waals surface area contributed by atoms with E-state index in [4.69, 9.17) is 0 Å². The highest BCUT2D eigenvalue weighted by Gasteiger charge is 2.31. The van der Waals surface area contributed by atoms with Crippen molar-refractivity contribution in [3.8, 4) is 0 Å². The summed E-state index contributed by atoms with van der Waals surface area (Å²) in [6, 6.07) is 9.30. The van der Waals surface area contributed by atoms with Crippen molar-refractivity contribution in [2.45, 2.75) is 18.7 Å². The zero-order valence-electron chi connectivity index (χ0n) is 15.5. The molecule has 4 rings (SSSR count). The predicted octanol–water partition coefficient (Wildman–Crippen LogP) is 2.76. The Morgan fingerprint density at radius 1 is 0.926 bits per heavy atom. The van der Waals surface area contributed by atoms with E-state index >= 15 is 0 Å². The van der Waals surface area contributed by atoms with Crippen LogP contribution < -0.4 is 4.90 Å². The molecule has 1 fully saturated rings. The molecule has 3 aromatic rings. The van der Waals surface area contributed by atoms with Crippen molar-refractivity contribution in [3.05, 3.63) is 60.0 Å². The van der Waals surface area contributed by atoms with Gasteiger partial charge in [-0.2, -0.15) is 4.31 Å². The van der Waals surface area contributed by atoms with Crippen molar-refractivity contribution < 1.29 is 8.42 Å². The monoisotopic (exact) mass is 382 g/mol. The van der Waals surface area contributed by atoms with Crippen molar-refractivity contribution in [2.24, 2.45) is 0 Å². The van der Waals surface area contributed by atoms with Crippen LogP contribution in [0.25, 0.3) is 10.9 Å². The maximum Gasteiger partial charge on any atom is 0.244 e. The van der Waals surface area contributed by atoms with Crippen molar-refractivity contribution in [3.63, 3.8) is 0 Å². The third kappa shape index (κ3) is 3.17. The standard InChI is InChI=1S/C20H22N4O2S/c1-15-5-6-18-17(4-3-8-22-18)20(15)27(25,26)24-12-10-23(11-13-24)19-7-9-21-14-16(19)2/h3-9,14H,10-13H2,1-2H3. The molecule has 0 bridgehead atoms. The lowest BCUT2D eigenvalue weighted by Crippen LogP contribution is -2.49. The second kappa shape index (κ2) is 6.90. The first-order chi connectivity index (χ1) is 13.0. The molecule has 0 radical (unpaired) electrons. The third-order valence-corrected chi connectivity index (χ3v) is 7.20. The highest BCUT2D eigenvalue weighted by molar-refractivity contribution is 7.89. The van der Waals surface area contributed by atoms with E-state index in [1.807, 2.05) is 44.3 Å². The molecule has 0 atom stereocenters. The lowest BCUT2D eigenvalue weighted by atomic mass is 10.1. The van der Waals surface area contributed by atoms with Crippen LogP contribution in [0.4, 0.5) is 5.69 Å². The molecular weight excluding hydrogens is 360 g/mol. The van der Waals surface area contributed by atoms with E-state index < -0.39 is 10.0 Å². The first kappa shape index (κ1) is 17.9. The number of pyridine rings is 2. The Hall–Kier alpha value is -2.51. The Morgan fingerprint density at radius 3 is 2.44 bits per heavy atom. The van der Waals surface area contributed by atoms with E-state index in [0.29, 0.717) is 42.0 Å². The van der Waals surface area contributed by atoms with Gasteiger partial charge in [0.2, 0.25) is 10.0 Å². The lowest BCUT2D eigenvalue weighted by molar-refractivity contribution is 0.385. The van der Waals surface area contributed by atoms with Gasteiger partial charge in [-0.1, -0.05) is 6.07 Å². The zero-order chi connectivity index (χ0) is 19.0. The van der Waals surface area contributed by atoms with Gasteiger partial charge in [0.05, 0.1) is 10.4 Å². The molecule has 0 aliphatic carbocycles. The van der Waals surface area contributed by atoms with Crippen LogP contribution in [0, 0.1) is 13.8 Å². The molecule has 3 heterocycles. The van der Waals surface area contributed by atoms with Gasteiger partial charge in [-0.05, 0) is 49.2 Å². The van der Waals surface area contributed by atoms with Gasteiger partial charge in [0.1, 0.15) is 0 Å². The maximum atomic E-state index is 13.4. The largest absolute Gasteiger partial charge is 0.369 e. The fourth-order valence-electron chi connectivity index (χ4n) is 3.70. The van der Waals surface area contributed by atoms with E-state index in [-0.39, 0.29) is 0 Å². The fraction of sp³-hybridized carbons (Fsp3) is 0.300. The average Bonchev–Trinajstić information content (AvgIpc) is 2.68. The lowest BCUT2D eigenvalue weighted by Gasteiger charge is -2.36. The molecule has 0 saturated carbocycles. The summed E-state index contributed by atoms with van der Waals surface area (Å²) < 4.78 is 28.4. The minimum atomic E-state index is -3.58. The molecule has 6 nitrogen and oxygen atoms in total. The van der Waals surface area contributed by atoms with E-state index in [1.54, 1.807) is 22.8 Å². The summed E-state index contributed by atoms with van der Waals surface area (Å²) >= 11 is 0. The molecule has 1 aliphatic rings. The maximum absolute atomic E-state index is 13.4. The van der Waals surface area contributed by atoms with Gasteiger partial charge in [0, 0.05) is 55.8 Å². The normalized spacial score (nSPS) is 16.0. The summed E-state index contributed by atoms with van der Waals surface area (Å²) in [5.41, 5.74) is 3.67. The molecule has 0 amide bonds. The van der Waals surface area contributed by atoms with E-state index in [9.17, 15) is 8.42 Å². The summed E-state index contributed by atoms with van der Waals surface area (Å²) in [5, 5.41) is 0.685. The van der Waals surface area contributed by atoms with Gasteiger partial charge < -0.3 is 4.90 Å². The molecule has 1 aromatic carbocycles. The molecule has 0 N–H and O–H groups in total. The zero-order valence-corrected chi connectivity index (χ0v) is 16.3. The molecule has 2 aromatic heterocycles. The number of sulfonamides is 1. The van der Waals surface area contributed by atoms with Crippen LogP contribution in [0.2, 0.25) is 0 Å². The van der Waals surface area contributed by atoms with E-state index in [1.165, 1.54) is 0 Å². The van der Waals surface area contributed by atoms with E-state index in [2.05, 4.69) is 14.9 Å². The number of aromatic nitrogens is 2. The highest BCUT2D eigenvalue weighted by Crippen LogP contribution is 2.29. The van der Waals surface area contributed by atoms with Gasteiger partial charge in [0.15, 0.2) is 0 Å². The Bertz CT molecular complexity index is 1090. The van der Waals surface area contributed by atoms with Crippen LogP contribution in [-0.4, -0.2) is 48.9 Å². The Balaban J connectivity index is 1.64. The topological polar surface area (TPSA) is 66.4 Å². The molecule has 0 unspecified atom stereocenters. The van der Waals surface area contributed by atoms with Crippen LogP contribution in [0.1, 0.15) is 11.1 Å².